The van der Waals surface area contributed by atoms with Gasteiger partial charge in [-0.05, 0) is 61.9 Å². The molecule has 1 aromatic heterocycles. The molecule has 0 fully saturated rings. The number of hydrogen-bond donors (Lipinski definition) is 4. The third-order valence-corrected chi connectivity index (χ3v) is 6.10. The minimum absolute atomic E-state index is 0.106. The smallest absolute Gasteiger partial charge is 0.251 e. The van der Waals surface area contributed by atoms with E-state index in [0.717, 1.165) is 29.0 Å². The van der Waals surface area contributed by atoms with Crippen molar-refractivity contribution in [1.29, 1.82) is 0 Å². The van der Waals surface area contributed by atoms with Gasteiger partial charge in [0.1, 0.15) is 16.6 Å². The van der Waals surface area contributed by atoms with Crippen LogP contribution >= 0.6 is 11.3 Å². The van der Waals surface area contributed by atoms with E-state index < -0.39 is 23.1 Å². The maximum Gasteiger partial charge on any atom is 0.251 e. The normalized spacial score (nSPS) is 13.6. The number of aliphatic hydroxyl groups is 1. The number of thiophene rings is 1. The molecule has 2 heterocycles. The molecule has 0 atom stereocenters. The van der Waals surface area contributed by atoms with E-state index in [-0.39, 0.29) is 21.6 Å². The third kappa shape index (κ3) is 4.68. The molecule has 10 heteroatoms. The van der Waals surface area contributed by atoms with Gasteiger partial charge in [-0.15, -0.1) is 11.3 Å². The van der Waals surface area contributed by atoms with Crippen LogP contribution in [0.2, 0.25) is 0 Å². The Bertz CT molecular complexity index is 1230. The Morgan fingerprint density at radius 1 is 1.18 bits per heavy atom. The summed E-state index contributed by atoms with van der Waals surface area (Å²) in [5.41, 5.74) is 8.18. The van der Waals surface area contributed by atoms with Gasteiger partial charge < -0.3 is 21.0 Å². The standard InChI is InChI=1S/C23H22F2N4O3S/c1-23(2,31)13-8-16(24)20(17(25)9-13)19-10-15(21(26)30)22(33-19)27-14-6-4-12(5-7-14)18-11-29(3)28-32-18/h4-11,27-28,31H,1-3H3,(H2,26,30). The summed E-state index contributed by atoms with van der Waals surface area (Å²) in [6.07, 6.45) is 1.78. The second kappa shape index (κ2) is 8.47. The maximum atomic E-state index is 14.8. The van der Waals surface area contributed by atoms with Crippen molar-refractivity contribution in [2.45, 2.75) is 19.4 Å². The summed E-state index contributed by atoms with van der Waals surface area (Å²) in [6, 6.07) is 10.7. The molecule has 1 amide bonds. The van der Waals surface area contributed by atoms with Crippen LogP contribution < -0.4 is 16.6 Å². The zero-order valence-electron chi connectivity index (χ0n) is 18.1. The zero-order chi connectivity index (χ0) is 23.9. The van der Waals surface area contributed by atoms with E-state index in [0.29, 0.717) is 16.4 Å². The van der Waals surface area contributed by atoms with Crippen molar-refractivity contribution in [3.8, 4) is 10.4 Å². The average molecular weight is 473 g/mol. The van der Waals surface area contributed by atoms with E-state index in [1.807, 2.05) is 12.1 Å². The number of carbonyl (C=O) groups excluding carboxylic acids is 1. The summed E-state index contributed by atoms with van der Waals surface area (Å²) >= 11 is 1.00. The van der Waals surface area contributed by atoms with Crippen LogP contribution in [0, 0.1) is 11.6 Å². The maximum absolute atomic E-state index is 14.8. The van der Waals surface area contributed by atoms with Gasteiger partial charge in [0, 0.05) is 23.2 Å². The summed E-state index contributed by atoms with van der Waals surface area (Å²) in [4.78, 5) is 17.5. The number of carbonyl (C=O) groups is 1. The quantitative estimate of drug-likeness (QED) is 0.423. The van der Waals surface area contributed by atoms with Crippen LogP contribution in [-0.4, -0.2) is 23.1 Å². The molecule has 0 radical (unpaired) electrons. The van der Waals surface area contributed by atoms with Crippen molar-refractivity contribution in [1.82, 2.24) is 10.6 Å². The molecule has 2 aromatic carbocycles. The van der Waals surface area contributed by atoms with E-state index >= 15 is 0 Å². The lowest BCUT2D eigenvalue weighted by Gasteiger charge is -2.18. The number of benzene rings is 2. The molecular weight excluding hydrogens is 450 g/mol. The minimum Gasteiger partial charge on any atom is -0.387 e. The number of halogens is 2. The van der Waals surface area contributed by atoms with Crippen molar-refractivity contribution < 1.29 is 23.5 Å². The Hall–Kier alpha value is -3.47. The summed E-state index contributed by atoms with van der Waals surface area (Å²) in [6.45, 7) is 2.88. The predicted octanol–water partition coefficient (Wildman–Crippen LogP) is 4.44. The number of anilines is 2. The van der Waals surface area contributed by atoms with Gasteiger partial charge in [-0.2, -0.15) is 0 Å². The lowest BCUT2D eigenvalue weighted by Crippen LogP contribution is -2.22. The zero-order valence-corrected chi connectivity index (χ0v) is 18.9. The number of rotatable bonds is 6. The van der Waals surface area contributed by atoms with Crippen LogP contribution in [0.25, 0.3) is 16.2 Å². The van der Waals surface area contributed by atoms with Crippen molar-refractivity contribution in [3.63, 3.8) is 0 Å². The third-order valence-electron chi connectivity index (χ3n) is 5.03. The van der Waals surface area contributed by atoms with E-state index in [9.17, 15) is 18.7 Å². The minimum atomic E-state index is -1.40. The second-order valence-corrected chi connectivity index (χ2v) is 9.14. The van der Waals surface area contributed by atoms with Gasteiger partial charge in [0.25, 0.3) is 5.91 Å². The monoisotopic (exact) mass is 472 g/mol. The SMILES string of the molecule is CN1C=C(c2ccc(Nc3sc(-c4c(F)cc(C(C)(C)O)cc4F)cc3C(N)=O)cc2)ON1. The predicted molar refractivity (Wildman–Crippen MR) is 123 cm³/mol. The highest BCUT2D eigenvalue weighted by Gasteiger charge is 2.24. The molecule has 33 heavy (non-hydrogen) atoms. The fourth-order valence-electron chi connectivity index (χ4n) is 3.28. The Kier molecular flexibility index (Phi) is 5.83. The molecule has 0 saturated carbocycles. The van der Waals surface area contributed by atoms with Crippen LogP contribution in [0.3, 0.4) is 0 Å². The number of nitrogens with zero attached hydrogens (tertiary/aromatic N) is 1. The fourth-order valence-corrected chi connectivity index (χ4v) is 4.42. The molecule has 7 nitrogen and oxygen atoms in total. The van der Waals surface area contributed by atoms with Gasteiger partial charge in [-0.25, -0.2) is 8.78 Å². The number of primary amides is 1. The molecular formula is C23H22F2N4O3S. The molecule has 0 aliphatic carbocycles. The Labute approximate surface area is 193 Å². The van der Waals surface area contributed by atoms with E-state index in [1.54, 1.807) is 30.4 Å². The van der Waals surface area contributed by atoms with Crippen LogP contribution in [0.4, 0.5) is 19.5 Å². The first kappa shape index (κ1) is 22.7. The molecule has 172 valence electrons. The largest absolute Gasteiger partial charge is 0.387 e. The molecule has 0 bridgehead atoms. The first-order valence-corrected chi connectivity index (χ1v) is 10.7. The number of amides is 1. The second-order valence-electron chi connectivity index (χ2n) is 8.09. The van der Waals surface area contributed by atoms with Crippen molar-refractivity contribution in [2.24, 2.45) is 5.73 Å². The van der Waals surface area contributed by atoms with Gasteiger partial charge in [0.2, 0.25) is 0 Å². The molecule has 1 aliphatic heterocycles. The van der Waals surface area contributed by atoms with Crippen LogP contribution in [0.5, 0.6) is 0 Å². The van der Waals surface area contributed by atoms with Crippen molar-refractivity contribution in [3.05, 3.63) is 77.0 Å². The first-order valence-electron chi connectivity index (χ1n) is 9.93. The van der Waals surface area contributed by atoms with Crippen LogP contribution in [0.15, 0.2) is 48.7 Å². The number of hydrogen-bond acceptors (Lipinski definition) is 7. The highest BCUT2D eigenvalue weighted by molar-refractivity contribution is 7.20. The Morgan fingerprint density at radius 2 is 1.82 bits per heavy atom. The highest BCUT2D eigenvalue weighted by Crippen LogP contribution is 2.40. The molecule has 0 spiro atoms. The Balaban J connectivity index is 1.66. The van der Waals surface area contributed by atoms with Gasteiger partial charge >= 0.3 is 0 Å². The number of nitrogens with two attached hydrogens (primary N) is 1. The molecule has 3 aromatic rings. The van der Waals surface area contributed by atoms with Crippen molar-refractivity contribution in [2.75, 3.05) is 12.4 Å². The van der Waals surface area contributed by atoms with E-state index in [2.05, 4.69) is 10.9 Å². The number of nitrogens with one attached hydrogen (secondary N) is 2. The fraction of sp³-hybridized carbons (Fsp3) is 0.174. The van der Waals surface area contributed by atoms with Crippen LogP contribution in [0.1, 0.15) is 35.3 Å². The summed E-state index contributed by atoms with van der Waals surface area (Å²) in [5.74, 6) is -1.78. The summed E-state index contributed by atoms with van der Waals surface area (Å²) in [5, 5.41) is 15.2. The molecule has 0 saturated heterocycles. The lowest BCUT2D eigenvalue weighted by atomic mass is 9.96. The summed E-state index contributed by atoms with van der Waals surface area (Å²) in [7, 11) is 1.80. The molecule has 0 unspecified atom stereocenters. The Morgan fingerprint density at radius 3 is 2.33 bits per heavy atom. The first-order chi connectivity index (χ1) is 15.5. The topological polar surface area (TPSA) is 99.9 Å². The average Bonchev–Trinajstić information content (AvgIpc) is 3.34. The molecule has 5 N–H and O–H groups in total. The van der Waals surface area contributed by atoms with Gasteiger partial charge in [0.05, 0.1) is 22.9 Å². The van der Waals surface area contributed by atoms with E-state index in [4.69, 9.17) is 10.6 Å². The van der Waals surface area contributed by atoms with Crippen molar-refractivity contribution >= 4 is 33.7 Å². The highest BCUT2D eigenvalue weighted by atomic mass is 32.1. The van der Waals surface area contributed by atoms with Crippen LogP contribution in [-0.2, 0) is 10.4 Å². The number of hydrazine groups is 1. The summed E-state index contributed by atoms with van der Waals surface area (Å²) < 4.78 is 29.6. The van der Waals surface area contributed by atoms with E-state index in [1.165, 1.54) is 19.9 Å². The molecule has 1 aliphatic rings. The van der Waals surface area contributed by atoms with Gasteiger partial charge in [-0.3, -0.25) is 9.80 Å². The lowest BCUT2D eigenvalue weighted by molar-refractivity contribution is 0.0649. The molecule has 4 rings (SSSR count). The van der Waals surface area contributed by atoms with Gasteiger partial charge in [-0.1, -0.05) is 5.59 Å². The van der Waals surface area contributed by atoms with Gasteiger partial charge in [0.15, 0.2) is 5.76 Å².